The molecular weight excluding hydrogens is 657 g/mol. The molecule has 2 heterocycles. The Bertz CT molecular complexity index is 1460. The number of nitrogens with zero attached hydrogens (tertiary/aromatic N) is 1. The lowest BCUT2D eigenvalue weighted by atomic mass is 9.97. The van der Waals surface area contributed by atoms with Gasteiger partial charge in [0.05, 0.1) is 26.4 Å². The second-order valence-corrected chi connectivity index (χ2v) is 14.0. The van der Waals surface area contributed by atoms with Gasteiger partial charge in [0.25, 0.3) is 0 Å². The molecular formula is C30H30Cl3NO9S. The molecule has 3 aromatic carbocycles. The molecule has 2 saturated heterocycles. The fraction of sp³-hybridized carbons (Fsp3) is 0.367. The van der Waals surface area contributed by atoms with Crippen molar-refractivity contribution in [2.75, 3.05) is 13.2 Å². The predicted octanol–water partition coefficient (Wildman–Crippen LogP) is 5.55. The van der Waals surface area contributed by atoms with Crippen LogP contribution in [0.3, 0.4) is 0 Å². The first-order chi connectivity index (χ1) is 21.1. The standard InChI is InChI=1S/C30H30Cl3NO9S/c31-30(32,33)20-41-29(35)34-28-27(43-44(34,36)37)26(40-18-23-14-8-3-9-15-23)25(39-17-22-12-6-2-7-13-22)24(42-28)19-38-16-21-10-4-1-5-11-21/h1-15,24-28H,16-20H2/t24-,25-,26+,27-,28+/m1/s1. The number of benzene rings is 3. The molecule has 0 saturated carbocycles. The van der Waals surface area contributed by atoms with Crippen LogP contribution in [0.1, 0.15) is 16.7 Å². The van der Waals surface area contributed by atoms with Crippen molar-refractivity contribution in [3.63, 3.8) is 0 Å². The maximum atomic E-state index is 13.2. The zero-order valence-corrected chi connectivity index (χ0v) is 26.3. The first-order valence-corrected chi connectivity index (χ1v) is 16.1. The van der Waals surface area contributed by atoms with Gasteiger partial charge >= 0.3 is 16.4 Å². The van der Waals surface area contributed by atoms with E-state index in [9.17, 15) is 13.2 Å². The van der Waals surface area contributed by atoms with Crippen LogP contribution in [0.15, 0.2) is 91.0 Å². The minimum Gasteiger partial charge on any atom is -0.444 e. The third-order valence-corrected chi connectivity index (χ3v) is 8.45. The number of hydrogen-bond acceptors (Lipinski definition) is 9. The second kappa shape index (κ2) is 14.8. The van der Waals surface area contributed by atoms with E-state index in [1.54, 1.807) is 0 Å². The molecule has 0 aliphatic carbocycles. The van der Waals surface area contributed by atoms with Gasteiger partial charge in [-0.2, -0.15) is 12.7 Å². The Balaban J connectivity index is 1.44. The maximum absolute atomic E-state index is 13.2. The van der Waals surface area contributed by atoms with Crippen LogP contribution >= 0.6 is 34.8 Å². The molecule has 0 bridgehead atoms. The number of carbonyl (C=O) groups is 1. The Labute approximate surface area is 270 Å². The molecule has 5 rings (SSSR count). The van der Waals surface area contributed by atoms with Crippen molar-refractivity contribution >= 4 is 51.2 Å². The van der Waals surface area contributed by atoms with Gasteiger partial charge in [0.1, 0.15) is 24.9 Å². The summed E-state index contributed by atoms with van der Waals surface area (Å²) in [6, 6.07) is 28.2. The van der Waals surface area contributed by atoms with E-state index in [0.717, 1.165) is 16.7 Å². The van der Waals surface area contributed by atoms with Gasteiger partial charge in [-0.1, -0.05) is 126 Å². The average Bonchev–Trinajstić information content (AvgIpc) is 3.28. The predicted molar refractivity (Wildman–Crippen MR) is 162 cm³/mol. The lowest BCUT2D eigenvalue weighted by Crippen LogP contribution is -2.62. The van der Waals surface area contributed by atoms with Gasteiger partial charge in [-0.05, 0) is 16.7 Å². The van der Waals surface area contributed by atoms with Crippen LogP contribution in [0, 0.1) is 0 Å². The van der Waals surface area contributed by atoms with Crippen molar-refractivity contribution in [1.82, 2.24) is 4.31 Å². The number of halogens is 3. The van der Waals surface area contributed by atoms with E-state index in [1.165, 1.54) is 0 Å². The van der Waals surface area contributed by atoms with Gasteiger partial charge in [0, 0.05) is 0 Å². The number of ether oxygens (including phenoxy) is 5. The largest absolute Gasteiger partial charge is 0.444 e. The highest BCUT2D eigenvalue weighted by molar-refractivity contribution is 7.85. The van der Waals surface area contributed by atoms with Gasteiger partial charge in [0.15, 0.2) is 12.3 Å². The van der Waals surface area contributed by atoms with Crippen molar-refractivity contribution in [3.8, 4) is 0 Å². The van der Waals surface area contributed by atoms with Crippen molar-refractivity contribution in [1.29, 1.82) is 0 Å². The molecule has 236 valence electrons. The Kier molecular flexibility index (Phi) is 11.0. The molecule has 0 aromatic heterocycles. The highest BCUT2D eigenvalue weighted by Crippen LogP contribution is 2.39. The van der Waals surface area contributed by atoms with E-state index < -0.39 is 57.4 Å². The zero-order valence-electron chi connectivity index (χ0n) is 23.2. The summed E-state index contributed by atoms with van der Waals surface area (Å²) in [6.07, 6.45) is -6.92. The van der Waals surface area contributed by atoms with Gasteiger partial charge in [-0.3, -0.25) is 0 Å². The first kappa shape index (κ1) is 32.9. The van der Waals surface area contributed by atoms with Crippen LogP contribution in [0.25, 0.3) is 0 Å². The Morgan fingerprint density at radius 3 is 1.80 bits per heavy atom. The molecule has 0 radical (unpaired) electrons. The minimum absolute atomic E-state index is 0.0279. The molecule has 3 aromatic rings. The van der Waals surface area contributed by atoms with Gasteiger partial charge in [-0.15, -0.1) is 0 Å². The van der Waals surface area contributed by atoms with Gasteiger partial charge < -0.3 is 23.7 Å². The van der Waals surface area contributed by atoms with Crippen LogP contribution in [0.5, 0.6) is 0 Å². The fourth-order valence-electron chi connectivity index (χ4n) is 4.83. The number of carbonyl (C=O) groups excluding carboxylic acids is 1. The van der Waals surface area contributed by atoms with Crippen molar-refractivity contribution in [2.45, 2.75) is 54.3 Å². The lowest BCUT2D eigenvalue weighted by Gasteiger charge is -2.43. The minimum atomic E-state index is -4.70. The first-order valence-electron chi connectivity index (χ1n) is 13.6. The number of hydrogen-bond donors (Lipinski definition) is 0. The topological polar surface area (TPSA) is 110 Å². The highest BCUT2D eigenvalue weighted by atomic mass is 35.6. The van der Waals surface area contributed by atoms with E-state index in [0.29, 0.717) is 4.31 Å². The van der Waals surface area contributed by atoms with E-state index in [1.807, 2.05) is 91.0 Å². The SMILES string of the molecule is O=C(OCC(Cl)(Cl)Cl)N1[C@H]2O[C@H](COCc3ccccc3)[C@@H](OCc3ccccc3)[C@H](OCc3ccccc3)[C@H]2OS1(=O)=O. The molecule has 5 atom stereocenters. The van der Waals surface area contributed by atoms with Crippen molar-refractivity contribution < 1.29 is 41.1 Å². The van der Waals surface area contributed by atoms with E-state index >= 15 is 0 Å². The second-order valence-electron chi connectivity index (χ2n) is 10.1. The van der Waals surface area contributed by atoms with Crippen LogP contribution in [-0.2, 0) is 58.0 Å². The molecule has 0 N–H and O–H groups in total. The monoisotopic (exact) mass is 685 g/mol. The summed E-state index contributed by atoms with van der Waals surface area (Å²) in [4.78, 5) is 13.0. The van der Waals surface area contributed by atoms with Crippen molar-refractivity contribution in [2.24, 2.45) is 0 Å². The summed E-state index contributed by atoms with van der Waals surface area (Å²) in [5.74, 6) is 0. The maximum Gasteiger partial charge on any atom is 0.427 e. The number of rotatable bonds is 11. The fourth-order valence-corrected chi connectivity index (χ4v) is 6.23. The normalized spacial score (nSPS) is 24.5. The molecule has 10 nitrogen and oxygen atoms in total. The molecule has 2 aliphatic rings. The number of alkyl halides is 3. The number of fused-ring (bicyclic) bond motifs is 1. The summed E-state index contributed by atoms with van der Waals surface area (Å²) < 4.78 is 60.1. The molecule has 2 aliphatic heterocycles. The third-order valence-electron chi connectivity index (χ3n) is 6.82. The smallest absolute Gasteiger partial charge is 0.427 e. The lowest BCUT2D eigenvalue weighted by molar-refractivity contribution is -0.259. The molecule has 1 amide bonds. The summed E-state index contributed by atoms with van der Waals surface area (Å²) in [5, 5.41) is 0. The molecule has 44 heavy (non-hydrogen) atoms. The van der Waals surface area contributed by atoms with Gasteiger partial charge in [0.2, 0.25) is 3.79 Å². The molecule has 0 unspecified atom stereocenters. The van der Waals surface area contributed by atoms with Gasteiger partial charge in [-0.25, -0.2) is 8.98 Å². The molecule has 2 fully saturated rings. The summed E-state index contributed by atoms with van der Waals surface area (Å²) in [5.41, 5.74) is 2.62. The van der Waals surface area contributed by atoms with Crippen molar-refractivity contribution in [3.05, 3.63) is 108 Å². The summed E-state index contributed by atoms with van der Waals surface area (Å²) in [7, 11) is -4.70. The third kappa shape index (κ3) is 8.63. The molecule has 14 heteroatoms. The number of amides is 1. The van der Waals surface area contributed by atoms with Crippen LogP contribution in [0.4, 0.5) is 4.79 Å². The average molecular weight is 687 g/mol. The van der Waals surface area contributed by atoms with Crippen LogP contribution < -0.4 is 0 Å². The zero-order chi connectivity index (χ0) is 31.2. The van der Waals surface area contributed by atoms with Crippen LogP contribution in [0.2, 0.25) is 0 Å². The summed E-state index contributed by atoms with van der Waals surface area (Å²) >= 11 is 17.2. The Hall–Kier alpha value is -2.45. The van der Waals surface area contributed by atoms with E-state index in [2.05, 4.69) is 0 Å². The van der Waals surface area contributed by atoms with E-state index in [-0.39, 0.29) is 26.4 Å². The Morgan fingerprint density at radius 2 is 1.27 bits per heavy atom. The molecule has 0 spiro atoms. The summed E-state index contributed by atoms with van der Waals surface area (Å²) in [6.45, 7) is -0.229. The Morgan fingerprint density at radius 1 is 0.773 bits per heavy atom. The highest BCUT2D eigenvalue weighted by Gasteiger charge is 2.61. The van der Waals surface area contributed by atoms with E-state index in [4.69, 9.17) is 62.7 Å². The van der Waals surface area contributed by atoms with Crippen LogP contribution in [-0.4, -0.2) is 66.5 Å². The quantitative estimate of drug-likeness (QED) is 0.240.